The van der Waals surface area contributed by atoms with Gasteiger partial charge in [-0.05, 0) is 41.9 Å². The molecular formula is C13H18O3S. The minimum Gasteiger partial charge on any atom is -0.454 e. The van der Waals surface area contributed by atoms with Gasteiger partial charge in [0.05, 0.1) is 0 Å². The van der Waals surface area contributed by atoms with Crippen LogP contribution in [-0.2, 0) is 14.3 Å². The third-order valence-electron chi connectivity index (χ3n) is 4.16. The van der Waals surface area contributed by atoms with Gasteiger partial charge >= 0.3 is 5.97 Å². The Bertz CT molecular complexity index is 384. The number of ether oxygens (including phenoxy) is 1. The standard InChI is InChI=1S/C13H18O3S/c1-8(14)16-7-17-12(15)10-5-4-9-6-11(10)13(9,2)3/h5,9,11H,4,6-7H2,1-3H3/t9-,11+/m0/s1. The van der Waals surface area contributed by atoms with E-state index >= 15 is 0 Å². The molecular weight excluding hydrogens is 236 g/mol. The van der Waals surface area contributed by atoms with Gasteiger partial charge in [0.25, 0.3) is 0 Å². The van der Waals surface area contributed by atoms with Crippen molar-refractivity contribution in [3.63, 3.8) is 0 Å². The van der Waals surface area contributed by atoms with Gasteiger partial charge in [0.15, 0.2) is 0 Å². The summed E-state index contributed by atoms with van der Waals surface area (Å²) < 4.78 is 4.78. The topological polar surface area (TPSA) is 43.4 Å². The Morgan fingerprint density at radius 1 is 1.53 bits per heavy atom. The second kappa shape index (κ2) is 4.48. The first-order valence-electron chi connectivity index (χ1n) is 5.93. The summed E-state index contributed by atoms with van der Waals surface area (Å²) in [6, 6.07) is 0. The summed E-state index contributed by atoms with van der Waals surface area (Å²) in [6.45, 7) is 5.83. The fraction of sp³-hybridized carbons (Fsp3) is 0.692. The normalized spacial score (nSPS) is 29.0. The molecule has 0 aliphatic heterocycles. The van der Waals surface area contributed by atoms with Crippen LogP contribution in [0.1, 0.15) is 33.6 Å². The Morgan fingerprint density at radius 3 is 2.76 bits per heavy atom. The van der Waals surface area contributed by atoms with Crippen molar-refractivity contribution in [3.8, 4) is 0 Å². The van der Waals surface area contributed by atoms with Gasteiger partial charge in [-0.2, -0.15) is 0 Å². The fourth-order valence-electron chi connectivity index (χ4n) is 2.83. The zero-order valence-corrected chi connectivity index (χ0v) is 11.3. The van der Waals surface area contributed by atoms with E-state index in [-0.39, 0.29) is 22.4 Å². The SMILES string of the molecule is CC(=O)OCSC(=O)C1=CC[C@H]2C[C@H]1C2(C)C. The second-order valence-corrected chi connectivity index (χ2v) is 6.28. The molecule has 0 saturated heterocycles. The summed E-state index contributed by atoms with van der Waals surface area (Å²) in [7, 11) is 0. The molecule has 0 aromatic carbocycles. The van der Waals surface area contributed by atoms with Gasteiger partial charge in [-0.3, -0.25) is 9.59 Å². The van der Waals surface area contributed by atoms with E-state index in [4.69, 9.17) is 4.74 Å². The molecule has 0 unspecified atom stereocenters. The highest BCUT2D eigenvalue weighted by Gasteiger charge is 2.52. The first-order valence-corrected chi connectivity index (χ1v) is 6.92. The van der Waals surface area contributed by atoms with Gasteiger partial charge in [-0.15, -0.1) is 0 Å². The molecule has 0 aromatic rings. The minimum absolute atomic E-state index is 0.0717. The smallest absolute Gasteiger partial charge is 0.303 e. The first kappa shape index (κ1) is 12.7. The monoisotopic (exact) mass is 254 g/mol. The molecule has 17 heavy (non-hydrogen) atoms. The van der Waals surface area contributed by atoms with Crippen molar-refractivity contribution in [2.24, 2.45) is 17.3 Å². The number of hydrogen-bond acceptors (Lipinski definition) is 4. The van der Waals surface area contributed by atoms with Crippen molar-refractivity contribution in [2.75, 3.05) is 5.94 Å². The van der Waals surface area contributed by atoms with E-state index < -0.39 is 0 Å². The van der Waals surface area contributed by atoms with Crippen LogP contribution in [0.4, 0.5) is 0 Å². The lowest BCUT2D eigenvalue weighted by atomic mass is 9.49. The summed E-state index contributed by atoms with van der Waals surface area (Å²) in [5.41, 5.74) is 1.21. The van der Waals surface area contributed by atoms with Crippen molar-refractivity contribution in [1.82, 2.24) is 0 Å². The van der Waals surface area contributed by atoms with Crippen molar-refractivity contribution < 1.29 is 14.3 Å². The minimum atomic E-state index is -0.341. The molecule has 0 aromatic heterocycles. The Kier molecular flexibility index (Phi) is 3.34. The average Bonchev–Trinajstić information content (AvgIpc) is 2.28. The van der Waals surface area contributed by atoms with Crippen LogP contribution >= 0.6 is 11.8 Å². The molecule has 1 fully saturated rings. The predicted octanol–water partition coefficient (Wildman–Crippen LogP) is 2.76. The molecule has 94 valence electrons. The first-order chi connectivity index (χ1) is 7.93. The van der Waals surface area contributed by atoms with E-state index in [1.807, 2.05) is 0 Å². The molecule has 0 amide bonds. The zero-order valence-electron chi connectivity index (χ0n) is 10.5. The maximum Gasteiger partial charge on any atom is 0.303 e. The molecule has 3 aliphatic rings. The van der Waals surface area contributed by atoms with Crippen LogP contribution in [0, 0.1) is 17.3 Å². The van der Waals surface area contributed by atoms with Gasteiger partial charge in [-0.25, -0.2) is 0 Å². The van der Waals surface area contributed by atoms with Crippen LogP contribution in [0.15, 0.2) is 11.6 Å². The van der Waals surface area contributed by atoms with Crippen molar-refractivity contribution in [3.05, 3.63) is 11.6 Å². The Morgan fingerprint density at radius 2 is 2.24 bits per heavy atom. The van der Waals surface area contributed by atoms with Gasteiger partial charge in [-0.1, -0.05) is 19.9 Å². The van der Waals surface area contributed by atoms with Crippen LogP contribution < -0.4 is 0 Å². The number of rotatable bonds is 3. The number of thioether (sulfide) groups is 1. The van der Waals surface area contributed by atoms with Crippen molar-refractivity contribution >= 4 is 22.8 Å². The summed E-state index contributed by atoms with van der Waals surface area (Å²) in [6.07, 6.45) is 4.23. The van der Waals surface area contributed by atoms with Crippen LogP contribution in [0.25, 0.3) is 0 Å². The van der Waals surface area contributed by atoms with Gasteiger partial charge in [0.2, 0.25) is 5.12 Å². The summed E-state index contributed by atoms with van der Waals surface area (Å²) >= 11 is 1.09. The molecule has 0 heterocycles. The highest BCUT2D eigenvalue weighted by atomic mass is 32.2. The fourth-order valence-corrected chi connectivity index (χ4v) is 3.55. The molecule has 2 atom stereocenters. The highest BCUT2D eigenvalue weighted by molar-refractivity contribution is 8.14. The molecule has 3 aliphatic carbocycles. The number of esters is 1. The number of hydrogen-bond donors (Lipinski definition) is 0. The summed E-state index contributed by atoms with van der Waals surface area (Å²) in [4.78, 5) is 22.6. The van der Waals surface area contributed by atoms with Crippen LogP contribution in [0.5, 0.6) is 0 Å². The van der Waals surface area contributed by atoms with E-state index in [1.54, 1.807) is 0 Å². The van der Waals surface area contributed by atoms with Crippen molar-refractivity contribution in [1.29, 1.82) is 0 Å². The summed E-state index contributed by atoms with van der Waals surface area (Å²) in [5.74, 6) is 0.926. The highest BCUT2D eigenvalue weighted by Crippen LogP contribution is 2.59. The number of allylic oxidation sites excluding steroid dienone is 1. The molecule has 0 N–H and O–H groups in total. The van der Waals surface area contributed by atoms with E-state index in [2.05, 4.69) is 19.9 Å². The molecule has 4 heteroatoms. The lowest BCUT2D eigenvalue weighted by molar-refractivity contribution is -0.138. The molecule has 0 spiro atoms. The van der Waals surface area contributed by atoms with Gasteiger partial charge in [0.1, 0.15) is 5.94 Å². The third-order valence-corrected chi connectivity index (χ3v) is 4.89. The maximum atomic E-state index is 12.0. The Balaban J connectivity index is 1.92. The van der Waals surface area contributed by atoms with Gasteiger partial charge in [0, 0.05) is 12.5 Å². The molecule has 3 nitrogen and oxygen atoms in total. The van der Waals surface area contributed by atoms with Crippen LogP contribution in [0.2, 0.25) is 0 Å². The van der Waals surface area contributed by atoms with Crippen molar-refractivity contribution in [2.45, 2.75) is 33.6 Å². The molecule has 1 saturated carbocycles. The number of fused-ring (bicyclic) bond motifs is 1. The third kappa shape index (κ3) is 2.28. The summed E-state index contributed by atoms with van der Waals surface area (Å²) in [5, 5.41) is 0.0717. The van der Waals surface area contributed by atoms with E-state index in [0.29, 0.717) is 5.92 Å². The zero-order chi connectivity index (χ0) is 12.6. The largest absolute Gasteiger partial charge is 0.454 e. The Labute approximate surface area is 106 Å². The number of carbonyl (C=O) groups is 2. The van der Waals surface area contributed by atoms with E-state index in [9.17, 15) is 9.59 Å². The molecule has 3 rings (SSSR count). The quantitative estimate of drug-likeness (QED) is 0.574. The van der Waals surface area contributed by atoms with Gasteiger partial charge < -0.3 is 4.74 Å². The lowest BCUT2D eigenvalue weighted by Crippen LogP contribution is -2.49. The average molecular weight is 254 g/mol. The molecule has 0 radical (unpaired) electrons. The molecule has 2 bridgehead atoms. The lowest BCUT2D eigenvalue weighted by Gasteiger charge is -2.55. The van der Waals surface area contributed by atoms with Crippen LogP contribution in [0.3, 0.4) is 0 Å². The maximum absolute atomic E-state index is 12.0. The van der Waals surface area contributed by atoms with E-state index in [1.165, 1.54) is 6.92 Å². The number of carbonyl (C=O) groups excluding carboxylic acids is 2. The van der Waals surface area contributed by atoms with E-state index in [0.717, 1.165) is 36.1 Å². The second-order valence-electron chi connectivity index (χ2n) is 5.39. The predicted molar refractivity (Wildman–Crippen MR) is 67.3 cm³/mol. The van der Waals surface area contributed by atoms with Crippen LogP contribution in [-0.4, -0.2) is 17.0 Å². The Hall–Kier alpha value is -0.770.